The van der Waals surface area contributed by atoms with Crippen LogP contribution in [0.2, 0.25) is 0 Å². The average molecular weight is 202 g/mol. The van der Waals surface area contributed by atoms with Gasteiger partial charge in [0.15, 0.2) is 11.9 Å². The Morgan fingerprint density at radius 2 is 2.23 bits per heavy atom. The molecule has 0 aliphatic heterocycles. The molecular weight excluding hydrogens is 190 g/mol. The summed E-state index contributed by atoms with van der Waals surface area (Å²) >= 11 is 5.54. The largest absolute Gasteiger partial charge is 0.370 e. The summed E-state index contributed by atoms with van der Waals surface area (Å²) in [5.74, 6) is 2.53. The zero-order chi connectivity index (χ0) is 10.3. The monoisotopic (exact) mass is 201 g/mol. The Morgan fingerprint density at radius 1 is 1.62 bits per heavy atom. The van der Waals surface area contributed by atoms with E-state index in [1.54, 1.807) is 6.92 Å². The van der Waals surface area contributed by atoms with Gasteiger partial charge in [-0.1, -0.05) is 17.5 Å². The highest BCUT2D eigenvalue weighted by molar-refractivity contribution is 6.20. The number of nitrogens with one attached hydrogen (secondary N) is 1. The van der Waals surface area contributed by atoms with Gasteiger partial charge in [0, 0.05) is 0 Å². The first-order chi connectivity index (χ1) is 6.06. The Labute approximate surface area is 82.3 Å². The maximum absolute atomic E-state index is 5.54. The molecule has 0 radical (unpaired) electrons. The first-order valence-electron chi connectivity index (χ1n) is 3.54. The Hall–Kier alpha value is -1.41. The van der Waals surface area contributed by atoms with E-state index in [0.717, 1.165) is 0 Å². The van der Waals surface area contributed by atoms with Gasteiger partial charge in [-0.25, -0.2) is 9.98 Å². The molecule has 1 unspecified atom stereocenters. The van der Waals surface area contributed by atoms with Crippen molar-refractivity contribution in [3.8, 4) is 12.3 Å². The van der Waals surface area contributed by atoms with Gasteiger partial charge < -0.3 is 11.5 Å². The minimum absolute atomic E-state index is 0.112. The van der Waals surface area contributed by atoms with E-state index in [0.29, 0.717) is 0 Å². The number of rotatable bonds is 2. The minimum Gasteiger partial charge on any atom is -0.370 e. The molecule has 0 saturated heterocycles. The van der Waals surface area contributed by atoms with Crippen LogP contribution in [0.5, 0.6) is 0 Å². The van der Waals surface area contributed by atoms with Gasteiger partial charge in [-0.15, -0.1) is 6.42 Å². The number of hydrogen-bond donors (Lipinski definition) is 3. The zero-order valence-corrected chi connectivity index (χ0v) is 8.04. The van der Waals surface area contributed by atoms with Crippen molar-refractivity contribution in [1.29, 1.82) is 0 Å². The van der Waals surface area contributed by atoms with Crippen LogP contribution < -0.4 is 16.8 Å². The topological polar surface area (TPSA) is 88.8 Å². The number of alkyl halides is 1. The summed E-state index contributed by atoms with van der Waals surface area (Å²) < 4.78 is 0. The van der Waals surface area contributed by atoms with E-state index in [-0.39, 0.29) is 18.5 Å². The van der Waals surface area contributed by atoms with Gasteiger partial charge in [0.05, 0.1) is 0 Å². The SMILES string of the molecule is C#CCN=C(N)NC(N)=NC(C)Cl. The molecule has 0 bridgehead atoms. The molecule has 5 nitrogen and oxygen atoms in total. The van der Waals surface area contributed by atoms with Crippen molar-refractivity contribution in [2.24, 2.45) is 21.5 Å². The van der Waals surface area contributed by atoms with E-state index in [1.165, 1.54) is 0 Å². The molecule has 0 amide bonds. The van der Waals surface area contributed by atoms with E-state index < -0.39 is 5.50 Å². The first kappa shape index (κ1) is 11.6. The number of hydrogen-bond acceptors (Lipinski definition) is 2. The van der Waals surface area contributed by atoms with Crippen molar-refractivity contribution in [1.82, 2.24) is 5.32 Å². The van der Waals surface area contributed by atoms with Gasteiger partial charge in [-0.05, 0) is 6.92 Å². The van der Waals surface area contributed by atoms with Crippen LogP contribution in [-0.2, 0) is 0 Å². The molecule has 0 aromatic carbocycles. The zero-order valence-electron chi connectivity index (χ0n) is 7.29. The number of nitrogens with two attached hydrogens (primary N) is 2. The molecule has 6 heteroatoms. The van der Waals surface area contributed by atoms with E-state index in [9.17, 15) is 0 Å². The Morgan fingerprint density at radius 3 is 2.69 bits per heavy atom. The lowest BCUT2D eigenvalue weighted by atomic mass is 10.7. The fourth-order valence-corrected chi connectivity index (χ4v) is 0.631. The molecule has 5 N–H and O–H groups in total. The summed E-state index contributed by atoms with van der Waals surface area (Å²) in [6.45, 7) is 1.87. The first-order valence-corrected chi connectivity index (χ1v) is 3.97. The molecular formula is C7H12ClN5. The number of terminal acetylenes is 1. The number of nitrogens with zero attached hydrogens (tertiary/aromatic N) is 2. The normalized spacial score (nSPS) is 14.8. The van der Waals surface area contributed by atoms with Crippen LogP contribution in [0.25, 0.3) is 0 Å². The lowest BCUT2D eigenvalue weighted by Crippen LogP contribution is -2.42. The predicted molar refractivity (Wildman–Crippen MR) is 55.4 cm³/mol. The van der Waals surface area contributed by atoms with Crippen molar-refractivity contribution in [3.05, 3.63) is 0 Å². The predicted octanol–water partition coefficient (Wildman–Crippen LogP) is -0.577. The van der Waals surface area contributed by atoms with Crippen LogP contribution in [0.4, 0.5) is 0 Å². The standard InChI is InChI=1S/C7H12ClN5/c1-3-4-11-6(9)13-7(10)12-5(2)8/h1,5H,4H2,2H3,(H5,9,10,11,12,13). The summed E-state index contributed by atoms with van der Waals surface area (Å²) in [7, 11) is 0. The third kappa shape index (κ3) is 6.97. The van der Waals surface area contributed by atoms with Crippen LogP contribution in [0.15, 0.2) is 9.98 Å². The number of aliphatic imine (C=N–C) groups is 2. The van der Waals surface area contributed by atoms with Crippen LogP contribution in [0.1, 0.15) is 6.92 Å². The summed E-state index contributed by atoms with van der Waals surface area (Å²) in [6, 6.07) is 0. The van der Waals surface area contributed by atoms with Gasteiger partial charge in [-0.3, -0.25) is 5.32 Å². The summed E-state index contributed by atoms with van der Waals surface area (Å²) in [5, 5.41) is 2.52. The molecule has 0 heterocycles. The van der Waals surface area contributed by atoms with Crippen LogP contribution >= 0.6 is 11.6 Å². The van der Waals surface area contributed by atoms with Crippen LogP contribution in [-0.4, -0.2) is 24.0 Å². The third-order valence-corrected chi connectivity index (χ3v) is 1.01. The lowest BCUT2D eigenvalue weighted by Gasteiger charge is -2.04. The summed E-state index contributed by atoms with van der Waals surface area (Å²) in [6.07, 6.45) is 4.97. The average Bonchev–Trinajstić information content (AvgIpc) is 1.98. The van der Waals surface area contributed by atoms with Crippen molar-refractivity contribution < 1.29 is 0 Å². The van der Waals surface area contributed by atoms with Crippen LogP contribution in [0, 0.1) is 12.3 Å². The highest BCUT2D eigenvalue weighted by atomic mass is 35.5. The molecule has 0 rings (SSSR count). The maximum atomic E-state index is 5.54. The minimum atomic E-state index is -0.409. The quantitative estimate of drug-likeness (QED) is 0.184. The van der Waals surface area contributed by atoms with Crippen molar-refractivity contribution in [2.45, 2.75) is 12.4 Å². The molecule has 0 aliphatic rings. The fourth-order valence-electron chi connectivity index (χ4n) is 0.525. The van der Waals surface area contributed by atoms with Gasteiger partial charge in [0.1, 0.15) is 12.0 Å². The van der Waals surface area contributed by atoms with Crippen molar-refractivity contribution >= 4 is 23.5 Å². The highest BCUT2D eigenvalue weighted by Crippen LogP contribution is 1.92. The van der Waals surface area contributed by atoms with E-state index >= 15 is 0 Å². The Kier molecular flexibility index (Phi) is 5.48. The second-order valence-corrected chi connectivity index (χ2v) is 2.75. The van der Waals surface area contributed by atoms with E-state index in [1.807, 2.05) is 0 Å². The molecule has 0 aliphatic carbocycles. The molecule has 0 fully saturated rings. The Balaban J connectivity index is 4.06. The smallest absolute Gasteiger partial charge is 0.196 e. The van der Waals surface area contributed by atoms with Gasteiger partial charge >= 0.3 is 0 Å². The van der Waals surface area contributed by atoms with Gasteiger partial charge in [0.2, 0.25) is 0 Å². The highest BCUT2D eigenvalue weighted by Gasteiger charge is 1.96. The number of guanidine groups is 2. The Bertz CT molecular complexity index is 250. The van der Waals surface area contributed by atoms with Gasteiger partial charge in [-0.2, -0.15) is 0 Å². The van der Waals surface area contributed by atoms with Gasteiger partial charge in [0.25, 0.3) is 0 Å². The molecule has 1 atom stereocenters. The van der Waals surface area contributed by atoms with Crippen molar-refractivity contribution in [3.63, 3.8) is 0 Å². The molecule has 0 aromatic heterocycles. The summed E-state index contributed by atoms with van der Waals surface area (Å²) in [4.78, 5) is 7.49. The van der Waals surface area contributed by atoms with E-state index in [4.69, 9.17) is 29.5 Å². The maximum Gasteiger partial charge on any atom is 0.196 e. The molecule has 13 heavy (non-hydrogen) atoms. The van der Waals surface area contributed by atoms with Crippen molar-refractivity contribution in [2.75, 3.05) is 6.54 Å². The third-order valence-electron chi connectivity index (χ3n) is 0.914. The molecule has 0 spiro atoms. The molecule has 72 valence electrons. The fraction of sp³-hybridized carbons (Fsp3) is 0.429. The van der Waals surface area contributed by atoms with E-state index in [2.05, 4.69) is 21.2 Å². The molecule has 0 aromatic rings. The second-order valence-electron chi connectivity index (χ2n) is 2.12. The molecule has 0 saturated carbocycles. The van der Waals surface area contributed by atoms with Crippen LogP contribution in [0.3, 0.4) is 0 Å². The second kappa shape index (κ2) is 6.14. The summed E-state index contributed by atoms with van der Waals surface area (Å²) in [5.41, 5.74) is 10.4. The lowest BCUT2D eigenvalue weighted by molar-refractivity contribution is 1.00. The number of halogens is 1.